The van der Waals surface area contributed by atoms with Gasteiger partial charge in [-0.3, -0.25) is 0 Å². The average Bonchev–Trinajstić information content (AvgIpc) is 2.62. The average molecular weight is 367 g/mol. The van der Waals surface area contributed by atoms with Crippen LogP contribution in [0.4, 0.5) is 10.6 Å². The van der Waals surface area contributed by atoms with E-state index < -0.39 is 18.3 Å². The Bertz CT molecular complexity index is 702. The van der Waals surface area contributed by atoms with Crippen LogP contribution >= 0.6 is 11.6 Å². The number of carbonyl (C=O) groups excluding carboxylic acids is 1. The molecule has 25 heavy (non-hydrogen) atoms. The van der Waals surface area contributed by atoms with E-state index in [4.69, 9.17) is 22.1 Å². The van der Waals surface area contributed by atoms with E-state index in [0.717, 1.165) is 5.56 Å². The molecule has 0 aliphatic rings. The molecule has 0 radical (unpaired) electrons. The van der Waals surface area contributed by atoms with Gasteiger partial charge in [0.25, 0.3) is 0 Å². The molecule has 1 aromatic carbocycles. The monoisotopic (exact) mass is 366 g/mol. The van der Waals surface area contributed by atoms with Gasteiger partial charge >= 0.3 is 6.09 Å². The first-order chi connectivity index (χ1) is 12.0. The number of halogens is 1. The van der Waals surface area contributed by atoms with Gasteiger partial charge in [0.15, 0.2) is 0 Å². The van der Waals surface area contributed by atoms with E-state index in [0.29, 0.717) is 0 Å². The van der Waals surface area contributed by atoms with Crippen LogP contribution in [0.3, 0.4) is 0 Å². The van der Waals surface area contributed by atoms with Gasteiger partial charge in [-0.05, 0) is 12.0 Å². The number of amides is 1. The summed E-state index contributed by atoms with van der Waals surface area (Å²) in [7, 11) is 0. The van der Waals surface area contributed by atoms with Crippen molar-refractivity contribution in [2.45, 2.75) is 25.2 Å². The van der Waals surface area contributed by atoms with E-state index in [1.54, 1.807) is 0 Å². The molecule has 1 amide bonds. The van der Waals surface area contributed by atoms with Crippen LogP contribution in [0.1, 0.15) is 23.8 Å². The highest BCUT2D eigenvalue weighted by Gasteiger charge is 2.23. The van der Waals surface area contributed by atoms with Crippen LogP contribution < -0.4 is 11.1 Å². The molecule has 0 bridgehead atoms. The molecular weight excluding hydrogens is 348 g/mol. The molecule has 0 spiro atoms. The number of benzene rings is 1. The highest BCUT2D eigenvalue weighted by Crippen LogP contribution is 2.22. The lowest BCUT2D eigenvalue weighted by atomic mass is 10.1. The van der Waals surface area contributed by atoms with Crippen molar-refractivity contribution < 1.29 is 19.7 Å². The van der Waals surface area contributed by atoms with Gasteiger partial charge in [0.2, 0.25) is 0 Å². The molecule has 0 saturated carbocycles. The number of nitrogen functional groups attached to an aromatic ring is 1. The van der Waals surface area contributed by atoms with E-state index in [1.807, 2.05) is 30.3 Å². The zero-order valence-corrected chi connectivity index (χ0v) is 14.1. The summed E-state index contributed by atoms with van der Waals surface area (Å²) in [5, 5.41) is 22.6. The number of anilines is 1. The third kappa shape index (κ3) is 5.86. The first kappa shape index (κ1) is 18.9. The fraction of sp³-hybridized carbons (Fsp3) is 0.312. The highest BCUT2D eigenvalue weighted by atomic mass is 35.5. The number of nitrogens with zero attached hydrogens (tertiary/aromatic N) is 2. The topological polar surface area (TPSA) is 131 Å². The second-order valence-corrected chi connectivity index (χ2v) is 5.64. The minimum absolute atomic E-state index is 0.00773. The minimum atomic E-state index is -1.37. The van der Waals surface area contributed by atoms with Gasteiger partial charge in [-0.1, -0.05) is 41.9 Å². The summed E-state index contributed by atoms with van der Waals surface area (Å²) in [5.41, 5.74) is 6.46. The maximum atomic E-state index is 11.6. The van der Waals surface area contributed by atoms with Crippen molar-refractivity contribution in [3.63, 3.8) is 0 Å². The highest BCUT2D eigenvalue weighted by molar-refractivity contribution is 6.29. The van der Waals surface area contributed by atoms with Crippen molar-refractivity contribution in [3.05, 3.63) is 52.9 Å². The Labute approximate surface area is 149 Å². The van der Waals surface area contributed by atoms with Crippen molar-refractivity contribution in [1.82, 2.24) is 15.3 Å². The second-order valence-electron chi connectivity index (χ2n) is 5.25. The van der Waals surface area contributed by atoms with Gasteiger partial charge in [0.1, 0.15) is 29.4 Å². The molecule has 9 heteroatoms. The predicted octanol–water partition coefficient (Wildman–Crippen LogP) is 1.42. The lowest BCUT2D eigenvalue weighted by Crippen LogP contribution is -2.30. The Kier molecular flexibility index (Phi) is 6.93. The zero-order valence-electron chi connectivity index (χ0n) is 13.3. The number of aromatic nitrogens is 2. The predicted molar refractivity (Wildman–Crippen MR) is 91.7 cm³/mol. The Hall–Kier alpha value is -2.42. The second kappa shape index (κ2) is 9.16. The van der Waals surface area contributed by atoms with Crippen molar-refractivity contribution in [2.24, 2.45) is 0 Å². The molecule has 5 N–H and O–H groups in total. The van der Waals surface area contributed by atoms with Crippen molar-refractivity contribution in [3.8, 4) is 0 Å². The zero-order chi connectivity index (χ0) is 18.2. The van der Waals surface area contributed by atoms with Crippen LogP contribution in [0.25, 0.3) is 0 Å². The maximum absolute atomic E-state index is 11.6. The third-order valence-electron chi connectivity index (χ3n) is 3.37. The molecule has 2 rings (SSSR count). The van der Waals surface area contributed by atoms with Gasteiger partial charge in [-0.25, -0.2) is 14.8 Å². The first-order valence-electron chi connectivity index (χ1n) is 7.56. The normalized spacial score (nSPS) is 13.1. The Morgan fingerprint density at radius 2 is 2.04 bits per heavy atom. The number of alkyl carbamates (subject to hydrolysis) is 1. The van der Waals surface area contributed by atoms with Crippen LogP contribution in [0.5, 0.6) is 0 Å². The number of ether oxygens (including phenoxy) is 1. The van der Waals surface area contributed by atoms with Crippen LogP contribution in [0, 0.1) is 0 Å². The molecule has 1 heterocycles. The molecule has 1 aromatic heterocycles. The van der Waals surface area contributed by atoms with Crippen LogP contribution in [-0.2, 0) is 11.3 Å². The maximum Gasteiger partial charge on any atom is 0.407 e. The largest absolute Gasteiger partial charge is 0.445 e. The van der Waals surface area contributed by atoms with Gasteiger partial charge in [0.05, 0.1) is 12.3 Å². The third-order valence-corrected chi connectivity index (χ3v) is 3.55. The summed E-state index contributed by atoms with van der Waals surface area (Å²) in [4.78, 5) is 19.2. The van der Waals surface area contributed by atoms with E-state index in [1.165, 1.54) is 6.20 Å². The van der Waals surface area contributed by atoms with Crippen molar-refractivity contribution in [1.29, 1.82) is 0 Å². The Balaban J connectivity index is 1.75. The number of nitrogens with two attached hydrogens (primary N) is 1. The van der Waals surface area contributed by atoms with Crippen LogP contribution in [0.15, 0.2) is 36.5 Å². The summed E-state index contributed by atoms with van der Waals surface area (Å²) in [5.74, 6) is -0.0221. The van der Waals surface area contributed by atoms with Crippen molar-refractivity contribution in [2.75, 3.05) is 12.3 Å². The fourth-order valence-corrected chi connectivity index (χ4v) is 2.18. The molecule has 2 unspecified atom stereocenters. The number of aliphatic hydroxyl groups is 2. The van der Waals surface area contributed by atoms with Gasteiger partial charge < -0.3 is 26.0 Å². The van der Waals surface area contributed by atoms with E-state index in [9.17, 15) is 15.0 Å². The molecule has 8 nitrogen and oxygen atoms in total. The molecule has 0 aliphatic carbocycles. The summed E-state index contributed by atoms with van der Waals surface area (Å²) in [6.07, 6.45) is -1.88. The molecule has 2 atom stereocenters. The Morgan fingerprint density at radius 3 is 2.76 bits per heavy atom. The van der Waals surface area contributed by atoms with Crippen molar-refractivity contribution >= 4 is 23.5 Å². The van der Waals surface area contributed by atoms with E-state index >= 15 is 0 Å². The number of aliphatic hydroxyl groups excluding tert-OH is 2. The number of hydrogen-bond donors (Lipinski definition) is 4. The minimum Gasteiger partial charge on any atom is -0.445 e. The molecule has 0 fully saturated rings. The number of hydrogen-bond acceptors (Lipinski definition) is 7. The molecule has 0 saturated heterocycles. The summed E-state index contributed by atoms with van der Waals surface area (Å²) in [6.45, 7) is 0.242. The van der Waals surface area contributed by atoms with E-state index in [-0.39, 0.29) is 36.2 Å². The van der Waals surface area contributed by atoms with E-state index in [2.05, 4.69) is 15.3 Å². The smallest absolute Gasteiger partial charge is 0.407 e. The molecular formula is C16H19ClN4O4. The van der Waals surface area contributed by atoms with Crippen LogP contribution in [-0.4, -0.2) is 38.9 Å². The van der Waals surface area contributed by atoms with Crippen LogP contribution in [0.2, 0.25) is 5.15 Å². The fourth-order valence-electron chi connectivity index (χ4n) is 2.04. The number of rotatable bonds is 7. The van der Waals surface area contributed by atoms with Gasteiger partial charge in [-0.15, -0.1) is 0 Å². The summed E-state index contributed by atoms with van der Waals surface area (Å²) >= 11 is 5.70. The summed E-state index contributed by atoms with van der Waals surface area (Å²) < 4.78 is 5.04. The standard InChI is InChI=1S/C16H19ClN4O4/c17-12-8-20-15(18)13(21-12)14(23)11(22)6-7-19-16(24)25-9-10-4-2-1-3-5-10/h1-5,8,11,14,22-23H,6-7,9H2,(H2,18,20)(H,19,24). The first-order valence-corrected chi connectivity index (χ1v) is 7.93. The summed E-state index contributed by atoms with van der Waals surface area (Å²) in [6, 6.07) is 9.23. The molecule has 134 valence electrons. The molecule has 2 aromatic rings. The SMILES string of the molecule is Nc1ncc(Cl)nc1C(O)C(O)CCNC(=O)OCc1ccccc1. The number of carbonyl (C=O) groups is 1. The number of nitrogens with one attached hydrogen (secondary N) is 1. The molecule has 0 aliphatic heterocycles. The van der Waals surface area contributed by atoms with Gasteiger partial charge in [0, 0.05) is 6.54 Å². The lowest BCUT2D eigenvalue weighted by molar-refractivity contribution is 0.0114. The van der Waals surface area contributed by atoms with Gasteiger partial charge in [-0.2, -0.15) is 0 Å². The lowest BCUT2D eigenvalue weighted by Gasteiger charge is -2.18. The quantitative estimate of drug-likeness (QED) is 0.582. The Morgan fingerprint density at radius 1 is 1.32 bits per heavy atom.